The molecule has 2 aromatic rings. The molecular formula is C22H33N3O3S. The third kappa shape index (κ3) is 7.74. The topological polar surface area (TPSA) is 75.4 Å². The smallest absolute Gasteiger partial charge is 0.232 e. The van der Waals surface area contributed by atoms with Crippen LogP contribution in [0.5, 0.6) is 0 Å². The van der Waals surface area contributed by atoms with Crippen LogP contribution in [0.15, 0.2) is 28.7 Å². The Kier molecular flexibility index (Phi) is 9.54. The number of nitrogens with zero attached hydrogens (tertiary/aromatic N) is 2. The Morgan fingerprint density at radius 2 is 1.76 bits per heavy atom. The third-order valence-corrected chi connectivity index (χ3v) is 5.79. The Labute approximate surface area is 176 Å². The second kappa shape index (κ2) is 11.9. The average molecular weight is 420 g/mol. The minimum absolute atomic E-state index is 0.0201. The highest BCUT2D eigenvalue weighted by molar-refractivity contribution is 7.84. The summed E-state index contributed by atoms with van der Waals surface area (Å²) in [5, 5.41) is 2.88. The van der Waals surface area contributed by atoms with E-state index < -0.39 is 10.8 Å². The van der Waals surface area contributed by atoms with Crippen molar-refractivity contribution in [2.45, 2.75) is 46.3 Å². The fourth-order valence-electron chi connectivity index (χ4n) is 3.10. The molecule has 0 aliphatic heterocycles. The molecule has 7 heteroatoms. The highest BCUT2D eigenvalue weighted by Crippen LogP contribution is 2.22. The Balaban J connectivity index is 1.82. The van der Waals surface area contributed by atoms with Crippen molar-refractivity contribution in [3.8, 4) is 11.5 Å². The van der Waals surface area contributed by atoms with Gasteiger partial charge in [0.1, 0.15) is 11.5 Å². The van der Waals surface area contributed by atoms with Gasteiger partial charge in [0.2, 0.25) is 11.8 Å². The van der Waals surface area contributed by atoms with Crippen molar-refractivity contribution in [2.75, 3.05) is 31.9 Å². The molecule has 0 radical (unpaired) electrons. The van der Waals surface area contributed by atoms with Crippen molar-refractivity contribution in [1.29, 1.82) is 0 Å². The second-order valence-electron chi connectivity index (χ2n) is 7.31. The number of hydrogen-bond donors (Lipinski definition) is 1. The van der Waals surface area contributed by atoms with Crippen molar-refractivity contribution in [1.82, 2.24) is 15.2 Å². The van der Waals surface area contributed by atoms with Crippen molar-refractivity contribution in [3.05, 3.63) is 41.3 Å². The summed E-state index contributed by atoms with van der Waals surface area (Å²) in [6.07, 6.45) is 2.19. The highest BCUT2D eigenvalue weighted by Gasteiger charge is 2.16. The van der Waals surface area contributed by atoms with Crippen molar-refractivity contribution < 1.29 is 13.4 Å². The summed E-state index contributed by atoms with van der Waals surface area (Å²) >= 11 is 0. The molecule has 0 aliphatic carbocycles. The molecule has 0 aliphatic rings. The maximum atomic E-state index is 12.4. The molecule has 2 rings (SSSR count). The quantitative estimate of drug-likeness (QED) is 0.570. The van der Waals surface area contributed by atoms with Gasteiger partial charge in [0, 0.05) is 29.5 Å². The molecule has 1 heterocycles. The summed E-state index contributed by atoms with van der Waals surface area (Å²) in [6.45, 7) is 11.6. The van der Waals surface area contributed by atoms with Crippen LogP contribution < -0.4 is 5.32 Å². The summed E-state index contributed by atoms with van der Waals surface area (Å²) < 4.78 is 18.2. The Morgan fingerprint density at radius 1 is 1.10 bits per heavy atom. The maximum Gasteiger partial charge on any atom is 0.232 e. The van der Waals surface area contributed by atoms with Gasteiger partial charge < -0.3 is 14.6 Å². The van der Waals surface area contributed by atoms with Crippen LogP contribution in [-0.2, 0) is 21.3 Å². The lowest BCUT2D eigenvalue weighted by molar-refractivity contribution is -0.118. The first-order valence-electron chi connectivity index (χ1n) is 10.3. The van der Waals surface area contributed by atoms with Gasteiger partial charge in [-0.15, -0.1) is 0 Å². The Hall–Kier alpha value is -1.99. The van der Waals surface area contributed by atoms with Gasteiger partial charge in [0.15, 0.2) is 0 Å². The van der Waals surface area contributed by atoms with E-state index in [0.717, 1.165) is 43.6 Å². The van der Waals surface area contributed by atoms with Gasteiger partial charge in [0.25, 0.3) is 0 Å². The van der Waals surface area contributed by atoms with Crippen LogP contribution in [-0.4, -0.2) is 51.9 Å². The van der Waals surface area contributed by atoms with Gasteiger partial charge in [-0.2, -0.15) is 0 Å². The molecule has 6 nitrogen and oxygen atoms in total. The van der Waals surface area contributed by atoms with Crippen LogP contribution in [0.2, 0.25) is 0 Å². The van der Waals surface area contributed by atoms with Gasteiger partial charge in [-0.3, -0.25) is 9.00 Å². The first-order valence-corrected chi connectivity index (χ1v) is 11.8. The fourth-order valence-corrected chi connectivity index (χ4v) is 4.17. The van der Waals surface area contributed by atoms with Crippen molar-refractivity contribution >= 4 is 16.7 Å². The van der Waals surface area contributed by atoms with Crippen LogP contribution in [0.25, 0.3) is 11.5 Å². The van der Waals surface area contributed by atoms with E-state index in [-0.39, 0.29) is 17.4 Å². The third-order valence-electron chi connectivity index (χ3n) is 4.61. The molecule has 1 amide bonds. The first kappa shape index (κ1) is 23.3. The van der Waals surface area contributed by atoms with Crippen molar-refractivity contribution in [3.63, 3.8) is 0 Å². The van der Waals surface area contributed by atoms with Gasteiger partial charge in [-0.25, -0.2) is 4.98 Å². The summed E-state index contributed by atoms with van der Waals surface area (Å²) in [6, 6.07) is 7.91. The number of benzene rings is 1. The molecule has 1 N–H and O–H groups in total. The van der Waals surface area contributed by atoms with Crippen LogP contribution in [0, 0.1) is 13.8 Å². The van der Waals surface area contributed by atoms with Crippen LogP contribution >= 0.6 is 0 Å². The SMILES string of the molecule is CCCN(CCC)CCNC(=O)C[S@@](=O)Cc1nc(-c2ccc(C)cc2)oc1C. The highest BCUT2D eigenvalue weighted by atomic mass is 32.2. The summed E-state index contributed by atoms with van der Waals surface area (Å²) in [4.78, 5) is 18.9. The van der Waals surface area contributed by atoms with E-state index in [0.29, 0.717) is 23.9 Å². The number of hydrogen-bond acceptors (Lipinski definition) is 5. The molecule has 0 saturated heterocycles. The molecule has 1 aromatic heterocycles. The molecule has 0 spiro atoms. The standard InChI is InChI=1S/C22H33N3O3S/c1-5-12-25(13-6-2)14-11-23-21(26)16-29(27)15-20-18(4)28-22(24-20)19-9-7-17(3)8-10-19/h7-10H,5-6,11-16H2,1-4H3,(H,23,26)/t29-/m0/s1. The monoisotopic (exact) mass is 419 g/mol. The second-order valence-corrected chi connectivity index (χ2v) is 8.77. The predicted octanol–water partition coefficient (Wildman–Crippen LogP) is 3.45. The minimum atomic E-state index is -1.33. The van der Waals surface area contributed by atoms with Gasteiger partial charge >= 0.3 is 0 Å². The molecule has 1 aromatic carbocycles. The number of aromatic nitrogens is 1. The lowest BCUT2D eigenvalue weighted by Crippen LogP contribution is -2.37. The largest absolute Gasteiger partial charge is 0.441 e. The van der Waals surface area contributed by atoms with E-state index in [1.807, 2.05) is 38.1 Å². The molecule has 29 heavy (non-hydrogen) atoms. The normalized spacial score (nSPS) is 12.3. The zero-order valence-electron chi connectivity index (χ0n) is 18.0. The van der Waals surface area contributed by atoms with Crippen LogP contribution in [0.3, 0.4) is 0 Å². The Morgan fingerprint density at radius 3 is 2.38 bits per heavy atom. The molecular weight excluding hydrogens is 386 g/mol. The van der Waals surface area contributed by atoms with E-state index in [2.05, 4.69) is 29.0 Å². The fraction of sp³-hybridized carbons (Fsp3) is 0.545. The van der Waals surface area contributed by atoms with E-state index in [9.17, 15) is 9.00 Å². The van der Waals surface area contributed by atoms with E-state index in [1.54, 1.807) is 0 Å². The number of aryl methyl sites for hydroxylation is 2. The molecule has 0 unspecified atom stereocenters. The molecule has 0 fully saturated rings. The van der Waals surface area contributed by atoms with E-state index in [1.165, 1.54) is 0 Å². The zero-order valence-corrected chi connectivity index (χ0v) is 18.8. The maximum absolute atomic E-state index is 12.4. The number of oxazole rings is 1. The summed E-state index contributed by atoms with van der Waals surface area (Å²) in [5.41, 5.74) is 2.69. The van der Waals surface area contributed by atoms with E-state index in [4.69, 9.17) is 4.42 Å². The molecule has 0 saturated carbocycles. The lowest BCUT2D eigenvalue weighted by Gasteiger charge is -2.20. The number of carbonyl (C=O) groups is 1. The number of nitrogens with one attached hydrogen (secondary N) is 1. The number of carbonyl (C=O) groups excluding carboxylic acids is 1. The van der Waals surface area contributed by atoms with Crippen molar-refractivity contribution in [2.24, 2.45) is 0 Å². The zero-order chi connectivity index (χ0) is 21.2. The van der Waals surface area contributed by atoms with Crippen LogP contribution in [0.1, 0.15) is 43.7 Å². The predicted molar refractivity (Wildman–Crippen MR) is 118 cm³/mol. The molecule has 0 bridgehead atoms. The molecule has 1 atom stereocenters. The minimum Gasteiger partial charge on any atom is -0.441 e. The average Bonchev–Trinajstić information content (AvgIpc) is 3.03. The number of rotatable bonds is 12. The van der Waals surface area contributed by atoms with Gasteiger partial charge in [0.05, 0.1) is 11.4 Å². The Bertz CT molecular complexity index is 796. The number of amides is 1. The molecule has 160 valence electrons. The van der Waals surface area contributed by atoms with Crippen LogP contribution in [0.4, 0.5) is 0 Å². The van der Waals surface area contributed by atoms with Gasteiger partial charge in [-0.1, -0.05) is 31.5 Å². The summed E-state index contributed by atoms with van der Waals surface area (Å²) in [7, 11) is -1.33. The lowest BCUT2D eigenvalue weighted by atomic mass is 10.1. The first-order chi connectivity index (χ1) is 13.9. The van der Waals surface area contributed by atoms with Gasteiger partial charge in [-0.05, 0) is 51.9 Å². The van der Waals surface area contributed by atoms with E-state index >= 15 is 0 Å². The summed E-state index contributed by atoms with van der Waals surface area (Å²) in [5.74, 6) is 1.17.